The Morgan fingerprint density at radius 2 is 1.37 bits per heavy atom. The molecule has 1 N–H and O–H groups in total. The van der Waals surface area contributed by atoms with Gasteiger partial charge in [-0.15, -0.1) is 0 Å². The van der Waals surface area contributed by atoms with Crippen LogP contribution in [0.15, 0.2) is 48.5 Å². The van der Waals surface area contributed by atoms with Crippen LogP contribution in [-0.4, -0.2) is 11.2 Å². The Hall–Kier alpha value is -1.87. The summed E-state index contributed by atoms with van der Waals surface area (Å²) >= 11 is 0. The lowest BCUT2D eigenvalue weighted by molar-refractivity contribution is 0.0303. The highest BCUT2D eigenvalue weighted by Crippen LogP contribution is 2.28. The van der Waals surface area contributed by atoms with E-state index < -0.39 is 0 Å². The summed E-state index contributed by atoms with van der Waals surface area (Å²) in [5.41, 5.74) is 1.82. The van der Waals surface area contributed by atoms with Crippen molar-refractivity contribution < 1.29 is 14.2 Å². The van der Waals surface area contributed by atoms with Crippen molar-refractivity contribution in [3.05, 3.63) is 65.5 Å². The molecule has 0 aliphatic carbocycles. The van der Waals surface area contributed by atoms with E-state index in [1.54, 1.807) is 24.3 Å². The van der Waals surface area contributed by atoms with Crippen LogP contribution in [0, 0.1) is 5.82 Å². The minimum atomic E-state index is -0.266. The van der Waals surface area contributed by atoms with Gasteiger partial charge in [-0.1, -0.05) is 24.3 Å². The lowest BCUT2D eigenvalue weighted by Crippen LogP contribution is -2.12. The minimum absolute atomic E-state index is 0.0452. The van der Waals surface area contributed by atoms with Crippen LogP contribution >= 0.6 is 0 Å². The number of phenols is 1. The molecule has 0 spiro atoms. The summed E-state index contributed by atoms with van der Waals surface area (Å²) in [5, 5.41) is 9.34. The van der Waals surface area contributed by atoms with Crippen molar-refractivity contribution in [1.29, 1.82) is 0 Å². The van der Waals surface area contributed by atoms with Gasteiger partial charge < -0.3 is 9.84 Å². The number of phenolic OH excluding ortho intramolecular Hbond substituents is 1. The van der Waals surface area contributed by atoms with E-state index in [1.807, 2.05) is 26.0 Å². The zero-order valence-electron chi connectivity index (χ0n) is 11.0. The molecule has 2 aromatic rings. The van der Waals surface area contributed by atoms with E-state index in [-0.39, 0.29) is 23.8 Å². The predicted octanol–water partition coefficient (Wildman–Crippen LogP) is 4.05. The normalized spacial score (nSPS) is 12.6. The van der Waals surface area contributed by atoms with Crippen LogP contribution in [0.1, 0.15) is 31.1 Å². The van der Waals surface area contributed by atoms with Crippen molar-refractivity contribution in [2.75, 3.05) is 0 Å². The van der Waals surface area contributed by atoms with E-state index in [4.69, 9.17) is 4.74 Å². The van der Waals surface area contributed by atoms with Crippen molar-refractivity contribution >= 4 is 0 Å². The fourth-order valence-corrected chi connectivity index (χ4v) is 1.91. The molecule has 0 amide bonds. The van der Waals surface area contributed by atoms with Gasteiger partial charge >= 0.3 is 0 Å². The Kier molecular flexibility index (Phi) is 4.17. The van der Waals surface area contributed by atoms with Gasteiger partial charge in [0.25, 0.3) is 0 Å². The molecule has 0 aliphatic heterocycles. The van der Waals surface area contributed by atoms with Gasteiger partial charge in [0.2, 0.25) is 0 Å². The number of rotatable bonds is 4. The standard InChI is InChI=1S/C16H17FO2/c1-11(2)19-16(12-3-7-14(17)8-4-12)13-5-9-15(18)10-6-13/h3-11,16,18H,1-2H3. The van der Waals surface area contributed by atoms with Gasteiger partial charge in [-0.3, -0.25) is 0 Å². The molecule has 2 nitrogen and oxygen atoms in total. The van der Waals surface area contributed by atoms with Gasteiger partial charge in [-0.2, -0.15) is 0 Å². The topological polar surface area (TPSA) is 29.5 Å². The van der Waals surface area contributed by atoms with Crippen molar-refractivity contribution in [1.82, 2.24) is 0 Å². The Labute approximate surface area is 112 Å². The first-order valence-corrected chi connectivity index (χ1v) is 6.26. The van der Waals surface area contributed by atoms with Crippen molar-refractivity contribution in [3.8, 4) is 5.75 Å². The fourth-order valence-electron chi connectivity index (χ4n) is 1.91. The van der Waals surface area contributed by atoms with Gasteiger partial charge in [0.05, 0.1) is 6.10 Å². The predicted molar refractivity (Wildman–Crippen MR) is 72.6 cm³/mol. The molecule has 0 radical (unpaired) electrons. The van der Waals surface area contributed by atoms with E-state index in [2.05, 4.69) is 0 Å². The molecule has 2 aromatic carbocycles. The summed E-state index contributed by atoms with van der Waals surface area (Å²) in [7, 11) is 0. The molecular formula is C16H17FO2. The zero-order chi connectivity index (χ0) is 13.8. The monoisotopic (exact) mass is 260 g/mol. The molecule has 0 bridgehead atoms. The van der Waals surface area contributed by atoms with Crippen LogP contribution in [0.3, 0.4) is 0 Å². The van der Waals surface area contributed by atoms with Crippen molar-refractivity contribution in [2.24, 2.45) is 0 Å². The van der Waals surface area contributed by atoms with E-state index in [9.17, 15) is 9.50 Å². The molecular weight excluding hydrogens is 243 g/mol. The fraction of sp³-hybridized carbons (Fsp3) is 0.250. The summed E-state index contributed by atoms with van der Waals surface area (Å²) in [6.07, 6.45) is -0.218. The second-order valence-electron chi connectivity index (χ2n) is 4.71. The number of aromatic hydroxyl groups is 1. The van der Waals surface area contributed by atoms with E-state index in [1.165, 1.54) is 12.1 Å². The average molecular weight is 260 g/mol. The second kappa shape index (κ2) is 5.85. The molecule has 0 heterocycles. The summed E-state index contributed by atoms with van der Waals surface area (Å²) in [4.78, 5) is 0. The Morgan fingerprint density at radius 3 is 1.84 bits per heavy atom. The maximum Gasteiger partial charge on any atom is 0.123 e. The molecule has 0 saturated carbocycles. The number of hydrogen-bond acceptors (Lipinski definition) is 2. The van der Waals surface area contributed by atoms with Crippen LogP contribution in [0.4, 0.5) is 4.39 Å². The first-order valence-electron chi connectivity index (χ1n) is 6.26. The van der Waals surface area contributed by atoms with Gasteiger partial charge in [-0.05, 0) is 49.2 Å². The van der Waals surface area contributed by atoms with Gasteiger partial charge in [0.15, 0.2) is 0 Å². The summed E-state index contributed by atoms with van der Waals surface area (Å²) < 4.78 is 18.9. The molecule has 0 aliphatic rings. The Balaban J connectivity index is 2.35. The third-order valence-corrected chi connectivity index (χ3v) is 2.78. The van der Waals surface area contributed by atoms with Crippen LogP contribution < -0.4 is 0 Å². The lowest BCUT2D eigenvalue weighted by Gasteiger charge is -2.21. The summed E-state index contributed by atoms with van der Waals surface area (Å²) in [6, 6.07) is 13.1. The smallest absolute Gasteiger partial charge is 0.123 e. The molecule has 0 aromatic heterocycles. The van der Waals surface area contributed by atoms with Gasteiger partial charge in [0, 0.05) is 0 Å². The maximum absolute atomic E-state index is 13.0. The van der Waals surface area contributed by atoms with Crippen molar-refractivity contribution in [2.45, 2.75) is 26.1 Å². The first kappa shape index (κ1) is 13.6. The second-order valence-corrected chi connectivity index (χ2v) is 4.71. The quantitative estimate of drug-likeness (QED) is 0.898. The summed E-state index contributed by atoms with van der Waals surface area (Å²) in [6.45, 7) is 3.91. The molecule has 0 fully saturated rings. The average Bonchev–Trinajstić information content (AvgIpc) is 2.38. The van der Waals surface area contributed by atoms with E-state index >= 15 is 0 Å². The van der Waals surface area contributed by atoms with Crippen molar-refractivity contribution in [3.63, 3.8) is 0 Å². The molecule has 19 heavy (non-hydrogen) atoms. The third-order valence-electron chi connectivity index (χ3n) is 2.78. The molecule has 3 heteroatoms. The van der Waals surface area contributed by atoms with Crippen LogP contribution in [0.5, 0.6) is 5.75 Å². The number of hydrogen-bond donors (Lipinski definition) is 1. The molecule has 100 valence electrons. The molecule has 0 saturated heterocycles. The highest BCUT2D eigenvalue weighted by Gasteiger charge is 2.16. The van der Waals surface area contributed by atoms with Crippen LogP contribution in [0.25, 0.3) is 0 Å². The van der Waals surface area contributed by atoms with Crippen LogP contribution in [0.2, 0.25) is 0 Å². The van der Waals surface area contributed by atoms with E-state index in [0.717, 1.165) is 11.1 Å². The Morgan fingerprint density at radius 1 is 0.895 bits per heavy atom. The lowest BCUT2D eigenvalue weighted by atomic mass is 10.0. The van der Waals surface area contributed by atoms with Gasteiger partial charge in [-0.25, -0.2) is 4.39 Å². The number of benzene rings is 2. The molecule has 2 rings (SSSR count). The Bertz CT molecular complexity index is 472. The largest absolute Gasteiger partial charge is 0.508 e. The number of halogens is 1. The highest BCUT2D eigenvalue weighted by atomic mass is 19.1. The van der Waals surface area contributed by atoms with Gasteiger partial charge in [0.1, 0.15) is 17.7 Å². The highest BCUT2D eigenvalue weighted by molar-refractivity contribution is 5.33. The molecule has 1 unspecified atom stereocenters. The van der Waals surface area contributed by atoms with E-state index in [0.29, 0.717) is 0 Å². The first-order chi connectivity index (χ1) is 9.06. The van der Waals surface area contributed by atoms with Crippen LogP contribution in [-0.2, 0) is 4.74 Å². The minimum Gasteiger partial charge on any atom is -0.508 e. The maximum atomic E-state index is 13.0. The SMILES string of the molecule is CC(C)OC(c1ccc(O)cc1)c1ccc(F)cc1. The zero-order valence-corrected chi connectivity index (χ0v) is 11.0. The summed E-state index contributed by atoms with van der Waals surface area (Å²) in [5.74, 6) is -0.0519. The third kappa shape index (κ3) is 3.55. The number of ether oxygens (including phenoxy) is 1. The molecule has 1 atom stereocenters.